The van der Waals surface area contributed by atoms with Crippen molar-refractivity contribution >= 4 is 22.8 Å². The Morgan fingerprint density at radius 1 is 1.42 bits per heavy atom. The van der Waals surface area contributed by atoms with Gasteiger partial charge in [0.05, 0.1) is 6.04 Å². The molecule has 1 aliphatic heterocycles. The van der Waals surface area contributed by atoms with Gasteiger partial charge in [0.25, 0.3) is 0 Å². The molecule has 4 nitrogen and oxygen atoms in total. The second-order valence-corrected chi connectivity index (χ2v) is 5.89. The molecule has 0 N–H and O–H groups in total. The summed E-state index contributed by atoms with van der Waals surface area (Å²) in [5, 5.41) is 0.0694. The van der Waals surface area contributed by atoms with Gasteiger partial charge in [-0.15, -0.1) is 0 Å². The molecule has 2 heterocycles. The van der Waals surface area contributed by atoms with E-state index in [-0.39, 0.29) is 17.1 Å². The summed E-state index contributed by atoms with van der Waals surface area (Å²) in [7, 11) is 0. The van der Waals surface area contributed by atoms with Crippen LogP contribution in [-0.2, 0) is 9.59 Å². The maximum atomic E-state index is 12.2. The molecule has 1 aromatic heterocycles. The molecule has 2 rings (SSSR count). The number of carbonyl (C=O) groups is 2. The molecule has 19 heavy (non-hydrogen) atoms. The van der Waals surface area contributed by atoms with Gasteiger partial charge in [-0.2, -0.15) is 0 Å². The minimum absolute atomic E-state index is 0.0694. The van der Waals surface area contributed by atoms with Crippen LogP contribution in [0.5, 0.6) is 0 Å². The second-order valence-electron chi connectivity index (χ2n) is 4.62. The summed E-state index contributed by atoms with van der Waals surface area (Å²) >= 11 is 1.22. The monoisotopic (exact) mass is 278 g/mol. The van der Waals surface area contributed by atoms with Crippen molar-refractivity contribution in [3.8, 4) is 0 Å². The van der Waals surface area contributed by atoms with Crippen LogP contribution in [0.4, 0.5) is 0 Å². The van der Waals surface area contributed by atoms with Gasteiger partial charge in [0.1, 0.15) is 0 Å². The first kappa shape index (κ1) is 14.1. The van der Waals surface area contributed by atoms with E-state index in [4.69, 9.17) is 0 Å². The highest BCUT2D eigenvalue weighted by molar-refractivity contribution is 8.13. The molecule has 0 spiro atoms. The summed E-state index contributed by atoms with van der Waals surface area (Å²) in [5.41, 5.74) is 1.15. The van der Waals surface area contributed by atoms with Crippen LogP contribution >= 0.6 is 11.8 Å². The first-order valence-corrected chi connectivity index (χ1v) is 7.50. The molecule has 0 aliphatic carbocycles. The van der Waals surface area contributed by atoms with E-state index >= 15 is 0 Å². The van der Waals surface area contributed by atoms with E-state index < -0.39 is 0 Å². The average Bonchev–Trinajstić information content (AvgIpc) is 2.88. The Labute approximate surface area is 117 Å². The topological polar surface area (TPSA) is 50.3 Å². The largest absolute Gasteiger partial charge is 0.336 e. The van der Waals surface area contributed by atoms with Gasteiger partial charge in [0.2, 0.25) is 5.91 Å². The summed E-state index contributed by atoms with van der Waals surface area (Å²) in [6, 6.07) is 4.12. The molecule has 102 valence electrons. The summed E-state index contributed by atoms with van der Waals surface area (Å²) < 4.78 is 0. The summed E-state index contributed by atoms with van der Waals surface area (Å²) in [5.74, 6) is 0.723. The van der Waals surface area contributed by atoms with Crippen molar-refractivity contribution in [3.63, 3.8) is 0 Å². The molecule has 0 bridgehead atoms. The van der Waals surface area contributed by atoms with Crippen molar-refractivity contribution in [1.82, 2.24) is 9.88 Å². The quantitative estimate of drug-likeness (QED) is 0.848. The molecule has 1 atom stereocenters. The second kappa shape index (κ2) is 6.70. The van der Waals surface area contributed by atoms with Crippen molar-refractivity contribution in [2.24, 2.45) is 0 Å². The molecule has 1 amide bonds. The fourth-order valence-electron chi connectivity index (χ4n) is 2.42. The van der Waals surface area contributed by atoms with E-state index in [0.29, 0.717) is 12.2 Å². The van der Waals surface area contributed by atoms with E-state index in [2.05, 4.69) is 4.98 Å². The number of amides is 1. The normalized spacial score (nSPS) is 18.6. The Hall–Kier alpha value is -1.36. The lowest BCUT2D eigenvalue weighted by atomic mass is 10.1. The van der Waals surface area contributed by atoms with Crippen LogP contribution in [-0.4, -0.2) is 33.2 Å². The summed E-state index contributed by atoms with van der Waals surface area (Å²) in [6.07, 6.45) is 6.02. The van der Waals surface area contributed by atoms with Crippen LogP contribution in [0.15, 0.2) is 24.5 Å². The first-order chi connectivity index (χ1) is 9.18. The molecule has 1 fully saturated rings. The molecular weight excluding hydrogens is 260 g/mol. The van der Waals surface area contributed by atoms with Crippen molar-refractivity contribution in [2.75, 3.05) is 12.3 Å². The molecule has 1 unspecified atom stereocenters. The summed E-state index contributed by atoms with van der Waals surface area (Å²) in [4.78, 5) is 29.0. The number of pyridine rings is 1. The van der Waals surface area contributed by atoms with E-state index in [1.165, 1.54) is 18.7 Å². The van der Waals surface area contributed by atoms with Crippen LogP contribution in [0.2, 0.25) is 0 Å². The van der Waals surface area contributed by atoms with Gasteiger partial charge in [-0.1, -0.05) is 11.8 Å². The predicted octanol–water partition coefficient (Wildman–Crippen LogP) is 2.41. The minimum atomic E-state index is 0.0694. The Morgan fingerprint density at radius 3 is 2.84 bits per heavy atom. The predicted molar refractivity (Wildman–Crippen MR) is 75.7 cm³/mol. The lowest BCUT2D eigenvalue weighted by Gasteiger charge is -2.25. The van der Waals surface area contributed by atoms with Gasteiger partial charge in [0.15, 0.2) is 5.12 Å². The lowest BCUT2D eigenvalue weighted by Crippen LogP contribution is -2.30. The zero-order valence-corrected chi connectivity index (χ0v) is 11.9. The maximum absolute atomic E-state index is 12.2. The van der Waals surface area contributed by atoms with Gasteiger partial charge in [-0.3, -0.25) is 14.6 Å². The third-order valence-electron chi connectivity index (χ3n) is 3.29. The Morgan fingerprint density at radius 2 is 2.16 bits per heavy atom. The molecule has 1 aromatic rings. The van der Waals surface area contributed by atoms with Gasteiger partial charge < -0.3 is 4.90 Å². The van der Waals surface area contributed by atoms with Gasteiger partial charge in [-0.25, -0.2) is 0 Å². The number of hydrogen-bond acceptors (Lipinski definition) is 4. The van der Waals surface area contributed by atoms with Gasteiger partial charge in [-0.05, 0) is 30.5 Å². The molecule has 5 heteroatoms. The number of aromatic nitrogens is 1. The summed E-state index contributed by atoms with van der Waals surface area (Å²) in [6.45, 7) is 2.35. The number of hydrogen-bond donors (Lipinski definition) is 0. The van der Waals surface area contributed by atoms with Gasteiger partial charge >= 0.3 is 0 Å². The van der Waals surface area contributed by atoms with Crippen molar-refractivity contribution in [3.05, 3.63) is 30.1 Å². The van der Waals surface area contributed by atoms with Gasteiger partial charge in [0, 0.05) is 38.0 Å². The fourth-order valence-corrected chi connectivity index (χ4v) is 2.99. The number of thioether (sulfide) groups is 1. The van der Waals surface area contributed by atoms with Crippen LogP contribution < -0.4 is 0 Å². The third-order valence-corrected chi connectivity index (χ3v) is 4.10. The SMILES string of the molecule is CC(=O)SCCC(=O)N1CCCC1c1ccncc1. The Kier molecular flexibility index (Phi) is 4.96. The molecule has 0 aromatic carbocycles. The van der Waals surface area contributed by atoms with E-state index in [9.17, 15) is 9.59 Å². The number of carbonyl (C=O) groups excluding carboxylic acids is 2. The van der Waals surface area contributed by atoms with Crippen LogP contribution in [0, 0.1) is 0 Å². The molecular formula is C14H18N2O2S. The maximum Gasteiger partial charge on any atom is 0.223 e. The molecule has 0 radical (unpaired) electrons. The van der Waals surface area contributed by atoms with Crippen molar-refractivity contribution in [1.29, 1.82) is 0 Å². The fraction of sp³-hybridized carbons (Fsp3) is 0.500. The molecule has 0 saturated carbocycles. The Balaban J connectivity index is 1.95. The van der Waals surface area contributed by atoms with Crippen molar-refractivity contribution in [2.45, 2.75) is 32.2 Å². The van der Waals surface area contributed by atoms with Crippen LogP contribution in [0.1, 0.15) is 37.8 Å². The average molecular weight is 278 g/mol. The third kappa shape index (κ3) is 3.80. The molecule has 1 aliphatic rings. The minimum Gasteiger partial charge on any atom is -0.336 e. The highest BCUT2D eigenvalue weighted by atomic mass is 32.2. The zero-order valence-electron chi connectivity index (χ0n) is 11.0. The highest BCUT2D eigenvalue weighted by Crippen LogP contribution is 2.32. The highest BCUT2D eigenvalue weighted by Gasteiger charge is 2.29. The smallest absolute Gasteiger partial charge is 0.223 e. The number of rotatable bonds is 4. The number of likely N-dealkylation sites (tertiary alicyclic amines) is 1. The zero-order chi connectivity index (χ0) is 13.7. The van der Waals surface area contributed by atoms with E-state index in [1.54, 1.807) is 12.4 Å². The number of nitrogens with zero attached hydrogens (tertiary/aromatic N) is 2. The van der Waals surface area contributed by atoms with E-state index in [1.807, 2.05) is 17.0 Å². The van der Waals surface area contributed by atoms with E-state index in [0.717, 1.165) is 24.9 Å². The lowest BCUT2D eigenvalue weighted by molar-refractivity contribution is -0.131. The molecule has 1 saturated heterocycles. The first-order valence-electron chi connectivity index (χ1n) is 6.51. The van der Waals surface area contributed by atoms with Crippen LogP contribution in [0.3, 0.4) is 0 Å². The van der Waals surface area contributed by atoms with Crippen LogP contribution in [0.25, 0.3) is 0 Å². The van der Waals surface area contributed by atoms with Crippen molar-refractivity contribution < 1.29 is 9.59 Å². The standard InChI is InChI=1S/C14H18N2O2S/c1-11(17)19-10-6-14(18)16-9-2-3-13(16)12-4-7-15-8-5-12/h4-5,7-8,13H,2-3,6,9-10H2,1H3. The Bertz CT molecular complexity index is 450.